The predicted octanol–water partition coefficient (Wildman–Crippen LogP) is 7.43. The Balaban J connectivity index is 2.27. The van der Waals surface area contributed by atoms with Crippen molar-refractivity contribution in [2.24, 2.45) is 5.92 Å². The lowest BCUT2D eigenvalue weighted by atomic mass is 9.96. The van der Waals surface area contributed by atoms with E-state index in [-0.39, 0.29) is 19.2 Å². The highest BCUT2D eigenvalue weighted by Crippen LogP contribution is 2.48. The average Bonchev–Trinajstić information content (AvgIpc) is 3.01. The van der Waals surface area contributed by atoms with Crippen LogP contribution in [0.2, 0.25) is 0 Å². The number of unbranched alkanes of at least 4 members (excludes halogenated alkanes) is 7. The Morgan fingerprint density at radius 1 is 0.585 bits per heavy atom. The van der Waals surface area contributed by atoms with Crippen LogP contribution in [-0.2, 0) is 19.1 Å². The van der Waals surface area contributed by atoms with Gasteiger partial charge in [0.2, 0.25) is 0 Å². The van der Waals surface area contributed by atoms with Crippen LogP contribution in [0.5, 0.6) is 0 Å². The summed E-state index contributed by atoms with van der Waals surface area (Å²) in [6.07, 6.45) is 9.80. The molecule has 0 spiro atoms. The second-order valence-corrected chi connectivity index (χ2v) is 13.7. The lowest BCUT2D eigenvalue weighted by Gasteiger charge is -2.34. The lowest BCUT2D eigenvalue weighted by Crippen LogP contribution is -2.41. The van der Waals surface area contributed by atoms with Crippen molar-refractivity contribution in [1.29, 1.82) is 0 Å². The number of benzene rings is 3. The van der Waals surface area contributed by atoms with E-state index < -0.39 is 18.8 Å². The van der Waals surface area contributed by atoms with E-state index in [1.165, 1.54) is 32.1 Å². The van der Waals surface area contributed by atoms with E-state index >= 15 is 0 Å². The predicted molar refractivity (Wildman–Crippen MR) is 174 cm³/mol. The van der Waals surface area contributed by atoms with Crippen molar-refractivity contribution in [3.63, 3.8) is 0 Å². The van der Waals surface area contributed by atoms with Crippen LogP contribution in [0.25, 0.3) is 0 Å². The Morgan fingerprint density at radius 2 is 1.00 bits per heavy atom. The van der Waals surface area contributed by atoms with Gasteiger partial charge in [0.05, 0.1) is 24.4 Å². The third-order valence-corrected chi connectivity index (χ3v) is 12.0. The molecule has 220 valence electrons. The zero-order valence-electron chi connectivity index (χ0n) is 25.1. The highest BCUT2D eigenvalue weighted by molar-refractivity contribution is 7.96. The number of carbonyl (C=O) groups excluding carboxylic acids is 2. The first-order chi connectivity index (χ1) is 20.1. The second kappa shape index (κ2) is 17.7. The number of carbonyl (C=O) groups is 2. The summed E-state index contributed by atoms with van der Waals surface area (Å²) in [6.45, 7) is 3.55. The van der Waals surface area contributed by atoms with Crippen LogP contribution in [0.4, 0.5) is 0 Å². The topological polar surface area (TPSA) is 52.6 Å². The van der Waals surface area contributed by atoms with Gasteiger partial charge in [0, 0.05) is 0 Å². The summed E-state index contributed by atoms with van der Waals surface area (Å²) < 4.78 is 11.5. The Labute approximate surface area is 247 Å². The maximum atomic E-state index is 14.3. The molecule has 0 radical (unpaired) electrons. The summed E-state index contributed by atoms with van der Waals surface area (Å²) in [4.78, 5) is 28.1. The van der Waals surface area contributed by atoms with Crippen LogP contribution in [0.1, 0.15) is 78.6 Å². The van der Waals surface area contributed by atoms with Gasteiger partial charge in [0.1, 0.15) is 0 Å². The van der Waals surface area contributed by atoms with Crippen LogP contribution in [0.3, 0.4) is 0 Å². The molecule has 0 amide bonds. The van der Waals surface area contributed by atoms with E-state index in [0.717, 1.165) is 35.2 Å². The van der Waals surface area contributed by atoms with Gasteiger partial charge < -0.3 is 9.47 Å². The van der Waals surface area contributed by atoms with Gasteiger partial charge >= 0.3 is 11.9 Å². The van der Waals surface area contributed by atoms with Crippen LogP contribution >= 0.6 is 6.89 Å². The molecule has 41 heavy (non-hydrogen) atoms. The van der Waals surface area contributed by atoms with Crippen LogP contribution < -0.4 is 15.9 Å². The molecule has 4 nitrogen and oxygen atoms in total. The fraction of sp³-hybridized carbons (Fsp3) is 0.417. The van der Waals surface area contributed by atoms with Crippen LogP contribution in [-0.4, -0.2) is 30.4 Å². The fourth-order valence-corrected chi connectivity index (χ4v) is 10.3. The minimum atomic E-state index is -2.82. The quantitative estimate of drug-likeness (QED) is 0.0956. The van der Waals surface area contributed by atoms with Crippen molar-refractivity contribution in [3.05, 3.63) is 91.0 Å². The van der Waals surface area contributed by atoms with Crippen LogP contribution in [0.15, 0.2) is 91.0 Å². The molecule has 0 N–H and O–H groups in total. The molecule has 0 aliphatic rings. The van der Waals surface area contributed by atoms with Gasteiger partial charge in [0.15, 0.2) is 0 Å². The summed E-state index contributed by atoms with van der Waals surface area (Å²) in [5, 5.41) is 3.59. The number of rotatable bonds is 17. The van der Waals surface area contributed by atoms with Gasteiger partial charge in [-0.3, -0.25) is 4.79 Å². The molecule has 0 bridgehead atoms. The first kappa shape index (κ1) is 32.4. The van der Waals surface area contributed by atoms with Gasteiger partial charge in [-0.05, 0) is 43.1 Å². The Morgan fingerprint density at radius 3 is 1.41 bits per heavy atom. The zero-order valence-corrected chi connectivity index (χ0v) is 26.0. The highest BCUT2D eigenvalue weighted by atomic mass is 31.2. The normalized spacial score (nSPS) is 12.0. The van der Waals surface area contributed by atoms with Crippen molar-refractivity contribution < 1.29 is 19.1 Å². The standard InChI is InChI=1S/C36H47O4P/c1-4-7-8-9-10-11-12-22-29-33(35(37)39-5-2)34(36(38)40-6-3)41(30-23-16-13-17-24-30,31-25-18-14-19-26-31)32-27-20-15-21-28-32/h13-21,23-28,33H,4-12,22,29H2,1-3H3. The molecule has 0 heterocycles. The van der Waals surface area contributed by atoms with E-state index in [2.05, 4.69) is 43.3 Å². The third kappa shape index (κ3) is 8.46. The molecule has 0 saturated carbocycles. The monoisotopic (exact) mass is 574 g/mol. The largest absolute Gasteiger partial charge is 0.466 e. The summed E-state index contributed by atoms with van der Waals surface area (Å²) in [5.41, 5.74) is 0. The maximum Gasteiger partial charge on any atom is 0.335 e. The lowest BCUT2D eigenvalue weighted by molar-refractivity contribution is -0.147. The maximum absolute atomic E-state index is 14.3. The highest BCUT2D eigenvalue weighted by Gasteiger charge is 2.41. The van der Waals surface area contributed by atoms with Gasteiger partial charge in [-0.1, -0.05) is 149 Å². The van der Waals surface area contributed by atoms with Crippen molar-refractivity contribution in [1.82, 2.24) is 0 Å². The van der Waals surface area contributed by atoms with Gasteiger partial charge in [-0.25, -0.2) is 4.79 Å². The molecule has 1 unspecified atom stereocenters. The number of hydrogen-bond acceptors (Lipinski definition) is 4. The molecule has 3 aromatic rings. The van der Waals surface area contributed by atoms with Crippen molar-refractivity contribution in [3.8, 4) is 0 Å². The second-order valence-electron chi connectivity index (χ2n) is 10.4. The third-order valence-electron chi connectivity index (χ3n) is 7.52. The van der Waals surface area contributed by atoms with Gasteiger partial charge in [-0.2, -0.15) is 0 Å². The Hall–Kier alpha value is -3.10. The first-order valence-corrected chi connectivity index (χ1v) is 17.2. The average molecular weight is 575 g/mol. The fourth-order valence-electron chi connectivity index (χ4n) is 5.63. The van der Waals surface area contributed by atoms with Crippen molar-refractivity contribution in [2.75, 3.05) is 13.2 Å². The van der Waals surface area contributed by atoms with Crippen LogP contribution in [0, 0.1) is 5.92 Å². The van der Waals surface area contributed by atoms with E-state index in [9.17, 15) is 9.59 Å². The first-order valence-electron chi connectivity index (χ1n) is 15.4. The summed E-state index contributed by atoms with van der Waals surface area (Å²) in [7, 11) is 0. The number of esters is 2. The smallest absolute Gasteiger partial charge is 0.335 e. The molecule has 0 aliphatic heterocycles. The van der Waals surface area contributed by atoms with E-state index in [4.69, 9.17) is 9.47 Å². The van der Waals surface area contributed by atoms with Crippen molar-refractivity contribution >= 4 is 40.0 Å². The molecule has 0 fully saturated rings. The van der Waals surface area contributed by atoms with Gasteiger partial charge in [0.25, 0.3) is 0 Å². The summed E-state index contributed by atoms with van der Waals surface area (Å²) in [6, 6.07) is 30.6. The molecular weight excluding hydrogens is 527 g/mol. The molecule has 3 rings (SSSR count). The Bertz CT molecular complexity index is 1130. The van der Waals surface area contributed by atoms with Crippen molar-refractivity contribution in [2.45, 2.75) is 78.6 Å². The minimum Gasteiger partial charge on any atom is -0.466 e. The molecule has 0 saturated heterocycles. The SMILES string of the molecule is CCCCCCCCCCC(C(=O)OCC)C(C(=O)OCC)=P(c1ccccc1)(c1ccccc1)c1ccccc1. The molecule has 5 heteroatoms. The minimum absolute atomic E-state index is 0.230. The molecule has 0 aliphatic carbocycles. The Kier molecular flexibility index (Phi) is 14.0. The number of hydrogen-bond donors (Lipinski definition) is 0. The van der Waals surface area contributed by atoms with E-state index in [1.54, 1.807) is 0 Å². The zero-order chi connectivity index (χ0) is 29.3. The molecular formula is C36H47O4P. The summed E-state index contributed by atoms with van der Waals surface area (Å²) in [5.74, 6) is -1.45. The van der Waals surface area contributed by atoms with E-state index in [0.29, 0.717) is 11.7 Å². The number of ether oxygens (including phenoxy) is 2. The summed E-state index contributed by atoms with van der Waals surface area (Å²) >= 11 is 0. The molecule has 0 aromatic heterocycles. The molecule has 1 atom stereocenters. The van der Waals surface area contributed by atoms with E-state index in [1.807, 2.05) is 68.4 Å². The molecule has 3 aromatic carbocycles. The van der Waals surface area contributed by atoms with Gasteiger partial charge in [-0.15, -0.1) is 0 Å².